The van der Waals surface area contributed by atoms with Crippen LogP contribution in [0.1, 0.15) is 36.5 Å². The predicted octanol–water partition coefficient (Wildman–Crippen LogP) is 3.20. The molecule has 0 radical (unpaired) electrons. The average molecular weight is 224 g/mol. The van der Waals surface area contributed by atoms with E-state index in [2.05, 4.69) is 6.92 Å². The molecule has 16 heavy (non-hydrogen) atoms. The summed E-state index contributed by atoms with van der Waals surface area (Å²) in [6.45, 7) is 7.95. The Kier molecular flexibility index (Phi) is 4.05. The number of phenolic OH excluding ortho intramolecular Hbond substituents is 2. The van der Waals surface area contributed by atoms with Gasteiger partial charge in [0, 0.05) is 11.1 Å². The van der Waals surface area contributed by atoms with Crippen LogP contribution in [-0.4, -0.2) is 16.8 Å². The summed E-state index contributed by atoms with van der Waals surface area (Å²) in [5, 5.41) is 19.8. The molecule has 0 spiro atoms. The highest BCUT2D eigenvalue weighted by atomic mass is 16.5. The summed E-state index contributed by atoms with van der Waals surface area (Å²) in [4.78, 5) is 0. The van der Waals surface area contributed by atoms with Gasteiger partial charge in [-0.1, -0.05) is 13.3 Å². The first-order valence-electron chi connectivity index (χ1n) is 5.65. The van der Waals surface area contributed by atoms with Crippen molar-refractivity contribution in [2.45, 2.75) is 40.5 Å². The quantitative estimate of drug-likeness (QED) is 0.610. The van der Waals surface area contributed by atoms with Gasteiger partial charge >= 0.3 is 0 Å². The van der Waals surface area contributed by atoms with E-state index in [9.17, 15) is 10.2 Å². The third-order valence-corrected chi connectivity index (χ3v) is 2.93. The number of hydrogen-bond donors (Lipinski definition) is 2. The van der Waals surface area contributed by atoms with Crippen LogP contribution in [0.3, 0.4) is 0 Å². The standard InChI is InChI=1S/C13H20O3/c1-5-6-7-16-13-10(4)11(14)8(2)9(3)12(13)15/h14-15H,5-7H2,1-4H3. The normalized spacial score (nSPS) is 10.5. The lowest BCUT2D eigenvalue weighted by Crippen LogP contribution is -2.00. The van der Waals surface area contributed by atoms with Gasteiger partial charge in [-0.2, -0.15) is 0 Å². The van der Waals surface area contributed by atoms with Crippen molar-refractivity contribution in [2.75, 3.05) is 6.61 Å². The van der Waals surface area contributed by atoms with Gasteiger partial charge in [0.25, 0.3) is 0 Å². The lowest BCUT2D eigenvalue weighted by atomic mass is 10.0. The predicted molar refractivity (Wildman–Crippen MR) is 64.4 cm³/mol. The first kappa shape index (κ1) is 12.7. The molecule has 0 fully saturated rings. The van der Waals surface area contributed by atoms with Gasteiger partial charge in [-0.15, -0.1) is 0 Å². The first-order valence-corrected chi connectivity index (χ1v) is 5.65. The monoisotopic (exact) mass is 224 g/mol. The number of aromatic hydroxyl groups is 2. The fourth-order valence-electron chi connectivity index (χ4n) is 1.59. The van der Waals surface area contributed by atoms with Crippen LogP contribution >= 0.6 is 0 Å². The van der Waals surface area contributed by atoms with Crippen LogP contribution in [-0.2, 0) is 0 Å². The second kappa shape index (κ2) is 5.10. The highest BCUT2D eigenvalue weighted by Crippen LogP contribution is 2.41. The minimum Gasteiger partial charge on any atom is -0.507 e. The SMILES string of the molecule is CCCCOc1c(C)c(O)c(C)c(C)c1O. The average Bonchev–Trinajstić information content (AvgIpc) is 2.28. The van der Waals surface area contributed by atoms with Crippen LogP contribution in [0.15, 0.2) is 0 Å². The van der Waals surface area contributed by atoms with Gasteiger partial charge < -0.3 is 14.9 Å². The minimum absolute atomic E-state index is 0.143. The van der Waals surface area contributed by atoms with Crippen molar-refractivity contribution in [1.29, 1.82) is 0 Å². The Balaban J connectivity index is 3.08. The molecule has 0 amide bonds. The van der Waals surface area contributed by atoms with E-state index >= 15 is 0 Å². The Morgan fingerprint density at radius 1 is 0.938 bits per heavy atom. The van der Waals surface area contributed by atoms with E-state index in [1.54, 1.807) is 20.8 Å². The molecular formula is C13H20O3. The number of ether oxygens (including phenoxy) is 1. The van der Waals surface area contributed by atoms with Crippen LogP contribution < -0.4 is 4.74 Å². The molecule has 0 aliphatic rings. The lowest BCUT2D eigenvalue weighted by Gasteiger charge is -2.16. The van der Waals surface area contributed by atoms with Crippen molar-refractivity contribution in [3.05, 3.63) is 16.7 Å². The fourth-order valence-corrected chi connectivity index (χ4v) is 1.59. The zero-order valence-electron chi connectivity index (χ0n) is 10.4. The maximum Gasteiger partial charge on any atom is 0.167 e. The Morgan fingerprint density at radius 2 is 1.50 bits per heavy atom. The molecule has 0 aliphatic heterocycles. The second-order valence-electron chi connectivity index (χ2n) is 4.10. The summed E-state index contributed by atoms with van der Waals surface area (Å²) in [6, 6.07) is 0. The van der Waals surface area contributed by atoms with E-state index in [1.165, 1.54) is 0 Å². The van der Waals surface area contributed by atoms with E-state index in [1.807, 2.05) is 0 Å². The van der Waals surface area contributed by atoms with Gasteiger partial charge in [0.2, 0.25) is 0 Å². The topological polar surface area (TPSA) is 49.7 Å². The summed E-state index contributed by atoms with van der Waals surface area (Å²) in [6.07, 6.45) is 1.98. The summed E-state index contributed by atoms with van der Waals surface area (Å²) in [5.41, 5.74) is 1.99. The van der Waals surface area contributed by atoms with Crippen molar-refractivity contribution in [2.24, 2.45) is 0 Å². The second-order valence-corrected chi connectivity index (χ2v) is 4.10. The van der Waals surface area contributed by atoms with Gasteiger partial charge in [-0.25, -0.2) is 0 Å². The van der Waals surface area contributed by atoms with Crippen LogP contribution in [0.25, 0.3) is 0 Å². The number of phenols is 2. The number of unbranched alkanes of at least 4 members (excludes halogenated alkanes) is 1. The molecule has 1 rings (SSSR count). The van der Waals surface area contributed by atoms with Crippen molar-refractivity contribution in [3.8, 4) is 17.2 Å². The minimum atomic E-state index is 0.143. The fraction of sp³-hybridized carbons (Fsp3) is 0.538. The molecule has 0 heterocycles. The van der Waals surface area contributed by atoms with Crippen LogP contribution in [0.2, 0.25) is 0 Å². The number of rotatable bonds is 4. The smallest absolute Gasteiger partial charge is 0.167 e. The summed E-state index contributed by atoms with van der Waals surface area (Å²) in [7, 11) is 0. The Bertz CT molecular complexity index is 354. The maximum atomic E-state index is 9.95. The molecule has 0 aromatic heterocycles. The molecule has 0 saturated carbocycles. The molecule has 0 aliphatic carbocycles. The van der Waals surface area contributed by atoms with E-state index in [-0.39, 0.29) is 11.5 Å². The van der Waals surface area contributed by atoms with Crippen LogP contribution in [0, 0.1) is 20.8 Å². The molecule has 0 unspecified atom stereocenters. The molecule has 90 valence electrons. The van der Waals surface area contributed by atoms with E-state index in [0.29, 0.717) is 29.0 Å². The van der Waals surface area contributed by atoms with Gasteiger partial charge in [-0.05, 0) is 32.8 Å². The van der Waals surface area contributed by atoms with E-state index < -0.39 is 0 Å². The Morgan fingerprint density at radius 3 is 2.06 bits per heavy atom. The molecule has 0 bridgehead atoms. The molecule has 0 atom stereocenters. The highest BCUT2D eigenvalue weighted by Gasteiger charge is 2.17. The van der Waals surface area contributed by atoms with Crippen LogP contribution in [0.4, 0.5) is 0 Å². The maximum absolute atomic E-state index is 9.95. The summed E-state index contributed by atoms with van der Waals surface area (Å²) >= 11 is 0. The Hall–Kier alpha value is -1.38. The highest BCUT2D eigenvalue weighted by molar-refractivity contribution is 5.60. The molecule has 2 N–H and O–H groups in total. The molecule has 1 aromatic rings. The molecule has 3 heteroatoms. The lowest BCUT2D eigenvalue weighted by molar-refractivity contribution is 0.287. The third kappa shape index (κ3) is 2.23. The number of benzene rings is 1. The van der Waals surface area contributed by atoms with Gasteiger partial charge in [-0.3, -0.25) is 0 Å². The largest absolute Gasteiger partial charge is 0.507 e. The summed E-state index contributed by atoms with van der Waals surface area (Å²) in [5.74, 6) is 0.764. The Labute approximate surface area is 96.7 Å². The van der Waals surface area contributed by atoms with Crippen molar-refractivity contribution < 1.29 is 14.9 Å². The van der Waals surface area contributed by atoms with Gasteiger partial charge in [0.05, 0.1) is 6.61 Å². The summed E-state index contributed by atoms with van der Waals surface area (Å²) < 4.78 is 5.51. The van der Waals surface area contributed by atoms with E-state index in [0.717, 1.165) is 12.8 Å². The molecule has 1 aromatic carbocycles. The zero-order chi connectivity index (χ0) is 12.3. The third-order valence-electron chi connectivity index (χ3n) is 2.93. The molecule has 3 nitrogen and oxygen atoms in total. The van der Waals surface area contributed by atoms with Crippen molar-refractivity contribution in [3.63, 3.8) is 0 Å². The first-order chi connectivity index (χ1) is 7.50. The molecular weight excluding hydrogens is 204 g/mol. The van der Waals surface area contributed by atoms with Gasteiger partial charge in [0.1, 0.15) is 5.75 Å². The van der Waals surface area contributed by atoms with Crippen molar-refractivity contribution >= 4 is 0 Å². The van der Waals surface area contributed by atoms with Gasteiger partial charge in [0.15, 0.2) is 11.5 Å². The van der Waals surface area contributed by atoms with Crippen molar-refractivity contribution in [1.82, 2.24) is 0 Å². The molecule has 0 saturated heterocycles. The number of hydrogen-bond acceptors (Lipinski definition) is 3. The zero-order valence-corrected chi connectivity index (χ0v) is 10.4. The van der Waals surface area contributed by atoms with Crippen LogP contribution in [0.5, 0.6) is 17.2 Å². The van der Waals surface area contributed by atoms with E-state index in [4.69, 9.17) is 4.74 Å².